The van der Waals surface area contributed by atoms with Gasteiger partial charge in [0, 0.05) is 17.7 Å². The van der Waals surface area contributed by atoms with Crippen LogP contribution in [0.2, 0.25) is 0 Å². The van der Waals surface area contributed by atoms with Gasteiger partial charge in [0.05, 0.1) is 39.4 Å². The van der Waals surface area contributed by atoms with E-state index in [0.717, 1.165) is 31.2 Å². The topological polar surface area (TPSA) is 157 Å². The van der Waals surface area contributed by atoms with Crippen molar-refractivity contribution in [1.82, 2.24) is 15.3 Å². The Morgan fingerprint density at radius 3 is 2.50 bits per heavy atom. The fraction of sp³-hybridized carbons (Fsp3) is 0.452. The Morgan fingerprint density at radius 2 is 1.79 bits per heavy atom. The van der Waals surface area contributed by atoms with Crippen molar-refractivity contribution in [3.05, 3.63) is 59.9 Å². The Morgan fingerprint density at radius 1 is 1.07 bits per heavy atom. The predicted octanol–water partition coefficient (Wildman–Crippen LogP) is 4.73. The van der Waals surface area contributed by atoms with Gasteiger partial charge in [-0.15, -0.1) is 0 Å². The zero-order valence-electron chi connectivity index (χ0n) is 24.7. The maximum atomic E-state index is 13.6. The molecule has 3 aromatic rings. The number of fused-ring (bicyclic) bond motifs is 13. The van der Waals surface area contributed by atoms with Crippen LogP contribution in [0.1, 0.15) is 75.3 Å². The summed E-state index contributed by atoms with van der Waals surface area (Å²) in [6.45, 7) is 6.00. The molecule has 0 aliphatic carbocycles. The van der Waals surface area contributed by atoms with Crippen LogP contribution >= 0.6 is 0 Å². The highest BCUT2D eigenvalue weighted by molar-refractivity contribution is 7.92. The minimum absolute atomic E-state index is 0.0347. The molecular formula is C31H41N5O5S. The van der Waals surface area contributed by atoms with Gasteiger partial charge in [-0.05, 0) is 65.3 Å². The van der Waals surface area contributed by atoms with Gasteiger partial charge in [0.1, 0.15) is 5.75 Å². The van der Waals surface area contributed by atoms with Gasteiger partial charge in [-0.3, -0.25) is 4.79 Å². The van der Waals surface area contributed by atoms with Crippen LogP contribution in [0.15, 0.2) is 53.6 Å². The number of aliphatic hydroxyl groups is 1. The number of rotatable bonds is 2. The number of carbonyl (C=O) groups is 1. The number of nitrogen functional groups attached to an aromatic ring is 1. The zero-order valence-corrected chi connectivity index (χ0v) is 25.6. The molecule has 0 unspecified atom stereocenters. The Hall–Kier alpha value is -3.54. The second-order valence-corrected chi connectivity index (χ2v) is 14.3. The first-order chi connectivity index (χ1) is 19.8. The van der Waals surface area contributed by atoms with E-state index in [4.69, 9.17) is 10.5 Å². The molecule has 1 aromatic heterocycles. The smallest absolute Gasteiger partial charge is 0.278 e. The lowest BCUT2D eigenvalue weighted by atomic mass is 9.88. The number of carbonyl (C=O) groups excluding carboxylic acids is 1. The molecule has 5 rings (SSSR count). The average molecular weight is 596 g/mol. The van der Waals surface area contributed by atoms with Crippen molar-refractivity contribution in [2.24, 2.45) is 0 Å². The molecule has 2 aromatic carbocycles. The van der Waals surface area contributed by atoms with E-state index in [1.807, 2.05) is 19.2 Å². The molecule has 4 bridgehead atoms. The number of hydrogen-bond donors (Lipinski definition) is 4. The Balaban J connectivity index is 1.73. The number of ether oxygens (including phenoxy) is 1. The van der Waals surface area contributed by atoms with E-state index in [9.17, 15) is 18.3 Å². The van der Waals surface area contributed by atoms with Crippen molar-refractivity contribution in [2.45, 2.75) is 81.1 Å². The molecule has 3 heterocycles. The summed E-state index contributed by atoms with van der Waals surface area (Å²) < 4.78 is 32.2. The maximum Gasteiger partial charge on any atom is 0.278 e. The van der Waals surface area contributed by atoms with Crippen molar-refractivity contribution in [1.29, 1.82) is 0 Å². The summed E-state index contributed by atoms with van der Waals surface area (Å²) >= 11 is 0. The third-order valence-electron chi connectivity index (χ3n) is 7.58. The number of nitrogens with one attached hydrogen (secondary N) is 2. The van der Waals surface area contributed by atoms with Crippen molar-refractivity contribution in [2.75, 3.05) is 24.7 Å². The minimum atomic E-state index is -3.78. The summed E-state index contributed by atoms with van der Waals surface area (Å²) in [5, 5.41) is 17.2. The first-order valence-corrected chi connectivity index (χ1v) is 15.7. The predicted molar refractivity (Wildman–Crippen MR) is 164 cm³/mol. The second kappa shape index (κ2) is 12.8. The highest BCUT2D eigenvalue weighted by Gasteiger charge is 2.41. The Kier molecular flexibility index (Phi) is 9.54. The monoisotopic (exact) mass is 595 g/mol. The maximum absolute atomic E-state index is 13.6. The molecule has 1 amide bonds. The third-order valence-corrected chi connectivity index (χ3v) is 10.1. The molecule has 0 radical (unpaired) electrons. The first kappa shape index (κ1) is 31.4. The van der Waals surface area contributed by atoms with E-state index < -0.39 is 26.1 Å². The van der Waals surface area contributed by atoms with E-state index in [2.05, 4.69) is 20.6 Å². The molecular weight excluding hydrogens is 554 g/mol. The van der Waals surface area contributed by atoms with Crippen LogP contribution in [-0.4, -0.2) is 53.4 Å². The number of aromatic nitrogens is 2. The number of nitrogens with zero attached hydrogens (tertiary/aromatic N) is 2. The molecule has 2 aliphatic heterocycles. The molecule has 0 saturated carbocycles. The van der Waals surface area contributed by atoms with E-state index in [1.54, 1.807) is 39.0 Å². The van der Waals surface area contributed by atoms with Gasteiger partial charge in [0.25, 0.3) is 5.91 Å². The summed E-state index contributed by atoms with van der Waals surface area (Å²) in [5.41, 5.74) is 7.19. The normalized spacial score (nSPS) is 21.2. The largest absolute Gasteiger partial charge is 0.491 e. The molecule has 0 spiro atoms. The molecule has 0 saturated heterocycles. The van der Waals surface area contributed by atoms with Gasteiger partial charge >= 0.3 is 0 Å². The fourth-order valence-corrected chi connectivity index (χ4v) is 7.06. The molecule has 10 nitrogen and oxygen atoms in total. The lowest BCUT2D eigenvalue weighted by molar-refractivity contribution is 0.0308. The van der Waals surface area contributed by atoms with Crippen LogP contribution in [0.25, 0.3) is 11.3 Å². The average Bonchev–Trinajstić information content (AvgIpc) is 2.93. The first-order valence-electron chi connectivity index (χ1n) is 14.3. The van der Waals surface area contributed by atoms with E-state index in [1.165, 1.54) is 18.3 Å². The third kappa shape index (κ3) is 7.08. The summed E-state index contributed by atoms with van der Waals surface area (Å²) in [6.07, 6.45) is 5.31. The molecule has 2 aliphatic rings. The molecule has 1 atom stereocenters. The van der Waals surface area contributed by atoms with E-state index in [0.29, 0.717) is 42.3 Å². The number of nitrogens with two attached hydrogens (primary N) is 1. The summed E-state index contributed by atoms with van der Waals surface area (Å²) in [7, 11) is -1.93. The summed E-state index contributed by atoms with van der Waals surface area (Å²) in [5.74, 6) is 0.00277. The standard InChI is InChI=1S/C31H41N5O5S/c1-30(2)20-31(3,38)16-7-5-6-8-17-41-27-22(18-33-4)10-9-11-24(27)36-29(37)26-28(32)34-19-25(35-26)21-12-14-23(15-13-21)42(30,39)40/h9-15,19,33,38H,5-8,16-18,20H2,1-4H3,(H2,32,34)(H,36,37)/t31-/m0/s1. The number of para-hydroxylation sites is 1. The van der Waals surface area contributed by atoms with Gasteiger partial charge in [0.2, 0.25) is 0 Å². The van der Waals surface area contributed by atoms with Crippen LogP contribution in [0.4, 0.5) is 11.5 Å². The van der Waals surface area contributed by atoms with Gasteiger partial charge in [-0.25, -0.2) is 18.4 Å². The zero-order chi connectivity index (χ0) is 30.5. The number of anilines is 2. The summed E-state index contributed by atoms with van der Waals surface area (Å²) in [6, 6.07) is 11.8. The van der Waals surface area contributed by atoms with E-state index in [-0.39, 0.29) is 22.8 Å². The van der Waals surface area contributed by atoms with Crippen LogP contribution in [0.5, 0.6) is 5.75 Å². The quantitative estimate of drug-likeness (QED) is 0.329. The lowest BCUT2D eigenvalue weighted by Crippen LogP contribution is -2.41. The Labute approximate surface area is 248 Å². The second-order valence-electron chi connectivity index (χ2n) is 11.7. The highest BCUT2D eigenvalue weighted by atomic mass is 32.2. The summed E-state index contributed by atoms with van der Waals surface area (Å²) in [4.78, 5) is 22.2. The van der Waals surface area contributed by atoms with Gasteiger partial charge < -0.3 is 26.2 Å². The van der Waals surface area contributed by atoms with E-state index >= 15 is 0 Å². The highest BCUT2D eigenvalue weighted by Crippen LogP contribution is 2.36. The minimum Gasteiger partial charge on any atom is -0.491 e. The van der Waals surface area contributed by atoms with Crippen molar-refractivity contribution >= 4 is 27.2 Å². The van der Waals surface area contributed by atoms with Crippen molar-refractivity contribution < 1.29 is 23.1 Å². The number of sulfone groups is 1. The molecule has 5 N–H and O–H groups in total. The van der Waals surface area contributed by atoms with Crippen molar-refractivity contribution in [3.8, 4) is 17.0 Å². The van der Waals surface area contributed by atoms with Crippen LogP contribution < -0.4 is 21.1 Å². The van der Waals surface area contributed by atoms with Crippen LogP contribution in [0.3, 0.4) is 0 Å². The number of hydrogen-bond acceptors (Lipinski definition) is 9. The van der Waals surface area contributed by atoms with Gasteiger partial charge in [-0.1, -0.05) is 43.5 Å². The van der Waals surface area contributed by atoms with Crippen molar-refractivity contribution in [3.63, 3.8) is 0 Å². The lowest BCUT2D eigenvalue weighted by Gasteiger charge is -2.33. The Bertz CT molecular complexity index is 1520. The number of benzene rings is 2. The molecule has 11 heteroatoms. The SMILES string of the molecule is CNCc1cccc2c1OCCCCCC[C@](C)(O)CC(C)(C)S(=O)(=O)c1ccc(cc1)-c1cnc(N)c(n1)C(=O)N2. The van der Waals surface area contributed by atoms with Gasteiger partial charge in [0.15, 0.2) is 21.3 Å². The number of amides is 1. The van der Waals surface area contributed by atoms with Gasteiger partial charge in [-0.2, -0.15) is 0 Å². The molecule has 226 valence electrons. The van der Waals surface area contributed by atoms with Crippen LogP contribution in [0, 0.1) is 0 Å². The molecule has 0 fully saturated rings. The van der Waals surface area contributed by atoms with Crippen LogP contribution in [-0.2, 0) is 16.4 Å². The fourth-order valence-electron chi connectivity index (χ4n) is 5.43. The molecule has 42 heavy (non-hydrogen) atoms.